The van der Waals surface area contributed by atoms with Gasteiger partial charge < -0.3 is 11.1 Å². The number of hydrogen-bond donors (Lipinski definition) is 2. The summed E-state index contributed by atoms with van der Waals surface area (Å²) in [6.45, 7) is 1.89. The van der Waals surface area contributed by atoms with Crippen LogP contribution in [0.5, 0.6) is 0 Å². The van der Waals surface area contributed by atoms with E-state index in [0.717, 1.165) is 0 Å². The molecular formula is C9H13Cl2N3OS. The normalized spacial score (nSPS) is 14.5. The molecule has 1 heterocycles. The first-order valence-electron chi connectivity index (χ1n) is 4.58. The fourth-order valence-electron chi connectivity index (χ4n) is 1.21. The Morgan fingerprint density at radius 3 is 2.75 bits per heavy atom. The molecule has 0 aliphatic rings. The van der Waals surface area contributed by atoms with Gasteiger partial charge in [0.25, 0.3) is 0 Å². The van der Waals surface area contributed by atoms with Crippen LogP contribution in [0.1, 0.15) is 6.92 Å². The van der Waals surface area contributed by atoms with Crippen molar-refractivity contribution < 1.29 is 4.21 Å². The lowest BCUT2D eigenvalue weighted by Crippen LogP contribution is -2.23. The van der Waals surface area contributed by atoms with Gasteiger partial charge in [-0.3, -0.25) is 4.21 Å². The molecule has 0 amide bonds. The Labute approximate surface area is 107 Å². The highest BCUT2D eigenvalue weighted by Crippen LogP contribution is 2.27. The highest BCUT2D eigenvalue weighted by molar-refractivity contribution is 7.84. The molecule has 0 spiro atoms. The number of anilines is 2. The van der Waals surface area contributed by atoms with E-state index in [-0.39, 0.29) is 11.9 Å². The van der Waals surface area contributed by atoms with Gasteiger partial charge in [-0.15, -0.1) is 0 Å². The van der Waals surface area contributed by atoms with Crippen molar-refractivity contribution in [2.45, 2.75) is 13.0 Å². The van der Waals surface area contributed by atoms with Crippen molar-refractivity contribution in [3.05, 3.63) is 16.1 Å². The lowest BCUT2D eigenvalue weighted by molar-refractivity contribution is 0.683. The number of rotatable bonds is 4. The molecule has 90 valence electrons. The van der Waals surface area contributed by atoms with Gasteiger partial charge in [0, 0.05) is 28.9 Å². The Bertz CT molecular complexity index is 414. The average Bonchev–Trinajstić information content (AvgIpc) is 2.12. The molecule has 0 aliphatic carbocycles. The van der Waals surface area contributed by atoms with Gasteiger partial charge in [0.05, 0.1) is 10.0 Å². The zero-order chi connectivity index (χ0) is 12.3. The molecule has 0 bridgehead atoms. The van der Waals surface area contributed by atoms with Crippen LogP contribution >= 0.6 is 23.2 Å². The summed E-state index contributed by atoms with van der Waals surface area (Å²) in [5.74, 6) is 1.19. The zero-order valence-corrected chi connectivity index (χ0v) is 11.3. The van der Waals surface area contributed by atoms with E-state index in [1.54, 1.807) is 6.26 Å². The fraction of sp³-hybridized carbons (Fsp3) is 0.444. The summed E-state index contributed by atoms with van der Waals surface area (Å²) in [6.07, 6.45) is 1.64. The predicted octanol–water partition coefficient (Wildman–Crippen LogP) is 2.15. The Balaban J connectivity index is 2.81. The Hall–Kier alpha value is -0.520. The number of halogens is 2. The quantitative estimate of drug-likeness (QED) is 0.888. The molecule has 4 nitrogen and oxygen atoms in total. The van der Waals surface area contributed by atoms with Crippen LogP contribution in [-0.4, -0.2) is 27.2 Å². The molecular weight excluding hydrogens is 269 g/mol. The first-order valence-corrected chi connectivity index (χ1v) is 7.06. The fourth-order valence-corrected chi connectivity index (χ4v) is 2.41. The molecule has 16 heavy (non-hydrogen) atoms. The van der Waals surface area contributed by atoms with Crippen LogP contribution in [-0.2, 0) is 10.8 Å². The number of aromatic nitrogens is 1. The molecule has 1 rings (SSSR count). The second-order valence-corrected chi connectivity index (χ2v) is 5.77. The third-order valence-electron chi connectivity index (χ3n) is 1.82. The van der Waals surface area contributed by atoms with E-state index in [9.17, 15) is 4.21 Å². The van der Waals surface area contributed by atoms with Gasteiger partial charge >= 0.3 is 0 Å². The second-order valence-electron chi connectivity index (χ2n) is 3.47. The van der Waals surface area contributed by atoms with Gasteiger partial charge in [0.15, 0.2) is 0 Å². The van der Waals surface area contributed by atoms with Gasteiger partial charge in [-0.25, -0.2) is 4.98 Å². The Kier molecular flexibility index (Phi) is 4.83. The summed E-state index contributed by atoms with van der Waals surface area (Å²) in [7, 11) is -0.876. The number of pyridine rings is 1. The van der Waals surface area contributed by atoms with Crippen molar-refractivity contribution in [1.82, 2.24) is 4.98 Å². The van der Waals surface area contributed by atoms with Crippen LogP contribution in [0.2, 0.25) is 10.0 Å². The molecule has 1 aromatic heterocycles. The summed E-state index contributed by atoms with van der Waals surface area (Å²) < 4.78 is 11.0. The summed E-state index contributed by atoms with van der Waals surface area (Å²) in [5, 5.41) is 3.75. The van der Waals surface area contributed by atoms with E-state index in [4.69, 9.17) is 28.9 Å². The summed E-state index contributed by atoms with van der Waals surface area (Å²) in [6, 6.07) is 1.53. The summed E-state index contributed by atoms with van der Waals surface area (Å²) in [5.41, 5.74) is 5.56. The molecule has 0 radical (unpaired) electrons. The van der Waals surface area contributed by atoms with Crippen LogP contribution in [0.4, 0.5) is 11.6 Å². The summed E-state index contributed by atoms with van der Waals surface area (Å²) in [4.78, 5) is 4.02. The minimum absolute atomic E-state index is 0.00333. The Morgan fingerprint density at radius 2 is 2.19 bits per heavy atom. The van der Waals surface area contributed by atoms with E-state index in [2.05, 4.69) is 10.3 Å². The van der Waals surface area contributed by atoms with E-state index in [0.29, 0.717) is 21.6 Å². The van der Waals surface area contributed by atoms with Crippen LogP contribution in [0.15, 0.2) is 6.07 Å². The molecule has 0 saturated heterocycles. The van der Waals surface area contributed by atoms with Crippen LogP contribution in [0.25, 0.3) is 0 Å². The molecule has 3 N–H and O–H groups in total. The largest absolute Gasteiger partial charge is 0.382 e. The van der Waals surface area contributed by atoms with Crippen molar-refractivity contribution in [3.8, 4) is 0 Å². The lowest BCUT2D eigenvalue weighted by atomic mass is 10.3. The minimum Gasteiger partial charge on any atom is -0.382 e. The lowest BCUT2D eigenvalue weighted by Gasteiger charge is -2.14. The highest BCUT2D eigenvalue weighted by atomic mass is 35.5. The van der Waals surface area contributed by atoms with Crippen molar-refractivity contribution in [1.29, 1.82) is 0 Å². The maximum absolute atomic E-state index is 11.0. The topological polar surface area (TPSA) is 68.0 Å². The molecule has 2 atom stereocenters. The SMILES string of the molecule is CC(CS(C)=O)Nc1nc(N)c(Cl)cc1Cl. The molecule has 7 heteroatoms. The number of nitrogens with two attached hydrogens (primary N) is 1. The van der Waals surface area contributed by atoms with Crippen molar-refractivity contribution in [2.75, 3.05) is 23.1 Å². The number of nitrogens with zero attached hydrogens (tertiary/aromatic N) is 1. The monoisotopic (exact) mass is 281 g/mol. The van der Waals surface area contributed by atoms with Crippen molar-refractivity contribution in [2.24, 2.45) is 0 Å². The van der Waals surface area contributed by atoms with Gasteiger partial charge in [-0.2, -0.15) is 0 Å². The van der Waals surface area contributed by atoms with Gasteiger partial charge in [0.1, 0.15) is 11.6 Å². The average molecular weight is 282 g/mol. The number of nitrogen functional groups attached to an aromatic ring is 1. The van der Waals surface area contributed by atoms with Gasteiger partial charge in [-0.05, 0) is 13.0 Å². The zero-order valence-electron chi connectivity index (χ0n) is 8.96. The molecule has 0 fully saturated rings. The maximum Gasteiger partial charge on any atom is 0.147 e. The Morgan fingerprint density at radius 1 is 1.56 bits per heavy atom. The molecule has 1 aromatic rings. The smallest absolute Gasteiger partial charge is 0.147 e. The van der Waals surface area contributed by atoms with E-state index in [1.165, 1.54) is 6.07 Å². The molecule has 2 unspecified atom stereocenters. The van der Waals surface area contributed by atoms with Crippen LogP contribution in [0.3, 0.4) is 0 Å². The molecule has 0 saturated carbocycles. The third kappa shape index (κ3) is 3.81. The molecule has 0 aromatic carbocycles. The van der Waals surface area contributed by atoms with E-state index >= 15 is 0 Å². The second kappa shape index (κ2) is 5.70. The first-order chi connectivity index (χ1) is 7.40. The van der Waals surface area contributed by atoms with E-state index in [1.807, 2.05) is 6.92 Å². The van der Waals surface area contributed by atoms with Gasteiger partial charge in [-0.1, -0.05) is 23.2 Å². The highest BCUT2D eigenvalue weighted by Gasteiger charge is 2.10. The van der Waals surface area contributed by atoms with Crippen LogP contribution in [0, 0.1) is 0 Å². The predicted molar refractivity (Wildman–Crippen MR) is 70.7 cm³/mol. The van der Waals surface area contributed by atoms with Gasteiger partial charge in [0.2, 0.25) is 0 Å². The first kappa shape index (κ1) is 13.5. The number of nitrogens with one attached hydrogen (secondary N) is 1. The van der Waals surface area contributed by atoms with Crippen molar-refractivity contribution >= 4 is 45.6 Å². The standard InChI is InChI=1S/C9H13Cl2N3OS/c1-5(4-16(2)15)13-9-7(11)3-6(10)8(12)14-9/h3,5H,4H2,1-2H3,(H3,12,13,14). The maximum atomic E-state index is 11.0. The third-order valence-corrected chi connectivity index (χ3v) is 3.38. The van der Waals surface area contributed by atoms with E-state index < -0.39 is 10.8 Å². The summed E-state index contributed by atoms with van der Waals surface area (Å²) >= 11 is 11.7. The van der Waals surface area contributed by atoms with Crippen LogP contribution < -0.4 is 11.1 Å². The van der Waals surface area contributed by atoms with Crippen molar-refractivity contribution in [3.63, 3.8) is 0 Å². The number of hydrogen-bond acceptors (Lipinski definition) is 4. The molecule has 0 aliphatic heterocycles. The minimum atomic E-state index is -0.876.